The summed E-state index contributed by atoms with van der Waals surface area (Å²) in [4.78, 5) is 13.1. The fourth-order valence-corrected chi connectivity index (χ4v) is 3.38. The van der Waals surface area contributed by atoms with Gasteiger partial charge in [0.05, 0.1) is 0 Å². The summed E-state index contributed by atoms with van der Waals surface area (Å²) in [6, 6.07) is 0. The topological polar surface area (TPSA) is 43.4 Å². The highest BCUT2D eigenvalue weighted by Crippen LogP contribution is 2.26. The lowest BCUT2D eigenvalue weighted by atomic mass is 10.1. The number of allylic oxidation sites excluding steroid dienone is 2. The van der Waals surface area contributed by atoms with Crippen LogP contribution in [-0.4, -0.2) is 17.2 Å². The van der Waals surface area contributed by atoms with Gasteiger partial charge in [0.15, 0.2) is 0 Å². The molecule has 1 heterocycles. The SMILES string of the molecule is CCCCCCCCCCCCN1C=CC=CC1[P+](=O)[O-]. The van der Waals surface area contributed by atoms with Gasteiger partial charge in [-0.2, -0.15) is 0 Å². The normalized spacial score (nSPS) is 18.3. The molecule has 21 heavy (non-hydrogen) atoms. The largest absolute Gasteiger partial charge is 0.594 e. The minimum absolute atomic E-state index is 0.441. The second-order valence-electron chi connectivity index (χ2n) is 5.85. The quantitative estimate of drug-likeness (QED) is 0.387. The van der Waals surface area contributed by atoms with Crippen LogP contribution in [-0.2, 0) is 4.57 Å². The van der Waals surface area contributed by atoms with Crippen LogP contribution in [0.2, 0.25) is 0 Å². The molecule has 120 valence electrons. The number of hydrogen-bond acceptors (Lipinski definition) is 3. The van der Waals surface area contributed by atoms with Crippen LogP contribution < -0.4 is 4.89 Å². The monoisotopic (exact) mass is 311 g/mol. The van der Waals surface area contributed by atoms with Gasteiger partial charge in [0.25, 0.3) is 0 Å². The van der Waals surface area contributed by atoms with Gasteiger partial charge in [0, 0.05) is 12.7 Å². The molecule has 1 aliphatic heterocycles. The van der Waals surface area contributed by atoms with Crippen LogP contribution in [0, 0.1) is 0 Å². The van der Waals surface area contributed by atoms with E-state index in [1.54, 1.807) is 6.08 Å². The second kappa shape index (κ2) is 11.9. The molecule has 0 fully saturated rings. The summed E-state index contributed by atoms with van der Waals surface area (Å²) in [5, 5.41) is 0. The maximum atomic E-state index is 11.2. The molecule has 0 radical (unpaired) electrons. The molecule has 0 saturated heterocycles. The summed E-state index contributed by atoms with van der Waals surface area (Å²) in [5.41, 5.74) is 0. The van der Waals surface area contributed by atoms with Crippen LogP contribution in [0.15, 0.2) is 24.4 Å². The molecule has 0 bridgehead atoms. The van der Waals surface area contributed by atoms with Crippen molar-refractivity contribution in [2.45, 2.75) is 76.9 Å². The lowest BCUT2D eigenvalue weighted by Gasteiger charge is -2.24. The van der Waals surface area contributed by atoms with E-state index < -0.39 is 13.8 Å². The van der Waals surface area contributed by atoms with E-state index in [1.807, 2.05) is 23.3 Å². The molecule has 0 N–H and O–H groups in total. The number of hydrogen-bond donors (Lipinski definition) is 0. The summed E-state index contributed by atoms with van der Waals surface area (Å²) in [5.74, 6) is -0.441. The van der Waals surface area contributed by atoms with E-state index >= 15 is 0 Å². The zero-order valence-electron chi connectivity index (χ0n) is 13.4. The number of nitrogens with zero attached hydrogens (tertiary/aromatic N) is 1. The molecule has 0 spiro atoms. The summed E-state index contributed by atoms with van der Waals surface area (Å²) in [6.07, 6.45) is 20.4. The molecule has 0 aromatic rings. The Morgan fingerprint density at radius 3 is 2.10 bits per heavy atom. The first kappa shape index (κ1) is 18.4. The molecular weight excluding hydrogens is 281 g/mol. The third kappa shape index (κ3) is 8.38. The van der Waals surface area contributed by atoms with Gasteiger partial charge in [-0.05, 0) is 18.6 Å². The molecule has 0 amide bonds. The lowest BCUT2D eigenvalue weighted by molar-refractivity contribution is -0.167. The molecule has 0 aliphatic carbocycles. The Morgan fingerprint density at radius 2 is 1.52 bits per heavy atom. The first-order chi connectivity index (χ1) is 10.3. The van der Waals surface area contributed by atoms with Crippen molar-refractivity contribution in [1.29, 1.82) is 0 Å². The van der Waals surface area contributed by atoms with E-state index in [9.17, 15) is 9.46 Å². The van der Waals surface area contributed by atoms with Crippen molar-refractivity contribution in [2.24, 2.45) is 0 Å². The van der Waals surface area contributed by atoms with Crippen molar-refractivity contribution in [1.82, 2.24) is 4.90 Å². The molecule has 1 aliphatic rings. The maximum Gasteiger partial charge on any atom is 0.338 e. The minimum atomic E-state index is -2.41. The molecule has 0 saturated carbocycles. The molecule has 1 rings (SSSR count). The lowest BCUT2D eigenvalue weighted by Crippen LogP contribution is -2.30. The van der Waals surface area contributed by atoms with Crippen LogP contribution in [0.3, 0.4) is 0 Å². The Bertz CT molecular complexity index is 342. The van der Waals surface area contributed by atoms with E-state index in [1.165, 1.54) is 57.8 Å². The highest BCUT2D eigenvalue weighted by molar-refractivity contribution is 7.37. The van der Waals surface area contributed by atoms with Gasteiger partial charge in [0.1, 0.15) is 0 Å². The highest BCUT2D eigenvalue weighted by Gasteiger charge is 2.24. The van der Waals surface area contributed by atoms with Gasteiger partial charge in [-0.15, -0.1) is 0 Å². The zero-order valence-corrected chi connectivity index (χ0v) is 14.3. The maximum absolute atomic E-state index is 11.2. The molecule has 2 atom stereocenters. The Balaban J connectivity index is 1.97. The van der Waals surface area contributed by atoms with Crippen LogP contribution in [0.5, 0.6) is 0 Å². The predicted octanol–water partition coefficient (Wildman–Crippen LogP) is 4.72. The van der Waals surface area contributed by atoms with Gasteiger partial charge < -0.3 is 9.79 Å². The van der Waals surface area contributed by atoms with Gasteiger partial charge >= 0.3 is 8.03 Å². The fraction of sp³-hybridized carbons (Fsp3) is 0.765. The van der Waals surface area contributed by atoms with Gasteiger partial charge in [0.2, 0.25) is 5.78 Å². The van der Waals surface area contributed by atoms with Crippen LogP contribution in [0.25, 0.3) is 0 Å². The molecule has 3 nitrogen and oxygen atoms in total. The number of unbranched alkanes of at least 4 members (excludes halogenated alkanes) is 9. The van der Waals surface area contributed by atoms with Crippen molar-refractivity contribution < 1.29 is 9.46 Å². The van der Waals surface area contributed by atoms with Crippen molar-refractivity contribution >= 4 is 8.03 Å². The third-order valence-electron chi connectivity index (χ3n) is 4.00. The summed E-state index contributed by atoms with van der Waals surface area (Å²) < 4.78 is 11.2. The fourth-order valence-electron chi connectivity index (χ4n) is 2.70. The van der Waals surface area contributed by atoms with Crippen LogP contribution in [0.4, 0.5) is 0 Å². The molecule has 4 heteroatoms. The third-order valence-corrected chi connectivity index (χ3v) is 4.90. The summed E-state index contributed by atoms with van der Waals surface area (Å²) in [7, 11) is -2.41. The highest BCUT2D eigenvalue weighted by atomic mass is 31.1. The van der Waals surface area contributed by atoms with Gasteiger partial charge in [-0.1, -0.05) is 75.4 Å². The standard InChI is InChI=1S/C17H30NO2P/c1-2-3-4-5-6-7-8-9-10-12-15-18-16-13-11-14-17(18)21(19)20/h11,13-14,16-17H,2-10,12,15H2,1H3. The van der Waals surface area contributed by atoms with Crippen LogP contribution >= 0.6 is 8.03 Å². The van der Waals surface area contributed by atoms with E-state index in [0.717, 1.165) is 13.0 Å². The van der Waals surface area contributed by atoms with Gasteiger partial charge in [-0.3, -0.25) is 0 Å². The minimum Gasteiger partial charge on any atom is -0.594 e. The number of rotatable bonds is 12. The molecule has 0 aromatic carbocycles. The average molecular weight is 311 g/mol. The van der Waals surface area contributed by atoms with Crippen molar-refractivity contribution in [3.8, 4) is 0 Å². The first-order valence-corrected chi connectivity index (χ1v) is 9.74. The Hall–Kier alpha value is -0.660. The van der Waals surface area contributed by atoms with E-state index in [4.69, 9.17) is 0 Å². The van der Waals surface area contributed by atoms with Crippen LogP contribution in [0.1, 0.15) is 71.1 Å². The Labute approximate surface area is 131 Å². The average Bonchev–Trinajstić information content (AvgIpc) is 2.49. The van der Waals surface area contributed by atoms with E-state index in [-0.39, 0.29) is 0 Å². The van der Waals surface area contributed by atoms with Crippen molar-refractivity contribution in [2.75, 3.05) is 6.54 Å². The second-order valence-corrected chi connectivity index (χ2v) is 6.94. The van der Waals surface area contributed by atoms with E-state index in [2.05, 4.69) is 6.92 Å². The summed E-state index contributed by atoms with van der Waals surface area (Å²) in [6.45, 7) is 3.09. The summed E-state index contributed by atoms with van der Waals surface area (Å²) >= 11 is 0. The van der Waals surface area contributed by atoms with Crippen molar-refractivity contribution in [3.63, 3.8) is 0 Å². The first-order valence-electron chi connectivity index (χ1n) is 8.50. The smallest absolute Gasteiger partial charge is 0.338 e. The molecular formula is C17H30NO2P. The van der Waals surface area contributed by atoms with Gasteiger partial charge in [-0.25, -0.2) is 0 Å². The Kier molecular flexibility index (Phi) is 10.5. The zero-order chi connectivity index (χ0) is 15.3. The molecule has 2 unspecified atom stereocenters. The van der Waals surface area contributed by atoms with Crippen molar-refractivity contribution in [3.05, 3.63) is 24.4 Å². The molecule has 0 aromatic heterocycles. The Morgan fingerprint density at radius 1 is 0.952 bits per heavy atom. The van der Waals surface area contributed by atoms with E-state index in [0.29, 0.717) is 0 Å². The predicted molar refractivity (Wildman–Crippen MR) is 88.2 cm³/mol.